The van der Waals surface area contributed by atoms with Crippen molar-refractivity contribution in [2.75, 3.05) is 11.0 Å². The van der Waals surface area contributed by atoms with E-state index in [2.05, 4.69) is 4.72 Å². The number of aryl methyl sites for hydroxylation is 2. The standard InChI is InChI=1S/C9H13NO2S.Na.H/c1-7-4-5-9(8(2)6-7)10-13(3,11)12;;/h4-6,10H,1-3H3;;. The molecule has 1 aromatic carbocycles. The molecule has 0 amide bonds. The van der Waals surface area contributed by atoms with Crippen molar-refractivity contribution in [1.82, 2.24) is 0 Å². The Labute approximate surface area is 107 Å². The molecule has 0 unspecified atom stereocenters. The van der Waals surface area contributed by atoms with Gasteiger partial charge in [0.2, 0.25) is 10.0 Å². The molecule has 0 aliphatic heterocycles. The zero-order valence-corrected chi connectivity index (χ0v) is 8.77. The summed E-state index contributed by atoms with van der Waals surface area (Å²) in [5, 5.41) is 0. The SMILES string of the molecule is Cc1ccc(NS(C)(=O)=O)c(C)c1.[NaH]. The molecule has 0 aromatic heterocycles. The maximum absolute atomic E-state index is 10.9. The van der Waals surface area contributed by atoms with Crippen LogP contribution in [-0.4, -0.2) is 44.2 Å². The Kier molecular flexibility index (Phi) is 5.15. The molecule has 3 nitrogen and oxygen atoms in total. The molecule has 0 saturated heterocycles. The molecule has 0 fully saturated rings. The van der Waals surface area contributed by atoms with Crippen molar-refractivity contribution in [1.29, 1.82) is 0 Å². The van der Waals surface area contributed by atoms with Crippen molar-refractivity contribution in [3.05, 3.63) is 29.3 Å². The van der Waals surface area contributed by atoms with Crippen molar-refractivity contribution >= 4 is 45.3 Å². The van der Waals surface area contributed by atoms with Crippen LogP contribution in [0.2, 0.25) is 0 Å². The summed E-state index contributed by atoms with van der Waals surface area (Å²) in [6, 6.07) is 5.58. The average molecular weight is 223 g/mol. The van der Waals surface area contributed by atoms with Gasteiger partial charge in [0.05, 0.1) is 11.9 Å². The monoisotopic (exact) mass is 223 g/mol. The fourth-order valence-corrected chi connectivity index (χ4v) is 1.76. The molecule has 5 heteroatoms. The number of hydrogen-bond donors (Lipinski definition) is 1. The van der Waals surface area contributed by atoms with Crippen molar-refractivity contribution in [3.8, 4) is 0 Å². The van der Waals surface area contributed by atoms with Gasteiger partial charge in [-0.2, -0.15) is 0 Å². The molecule has 0 heterocycles. The third-order valence-corrected chi connectivity index (χ3v) is 2.27. The van der Waals surface area contributed by atoms with Crippen molar-refractivity contribution in [3.63, 3.8) is 0 Å². The van der Waals surface area contributed by atoms with Crippen LogP contribution in [0.1, 0.15) is 11.1 Å². The summed E-state index contributed by atoms with van der Waals surface area (Å²) in [7, 11) is -3.16. The Balaban J connectivity index is 0.00000169. The maximum atomic E-state index is 10.9. The van der Waals surface area contributed by atoms with Crippen LogP contribution >= 0.6 is 0 Å². The van der Waals surface area contributed by atoms with Crippen molar-refractivity contribution in [2.45, 2.75) is 13.8 Å². The Morgan fingerprint density at radius 2 is 1.79 bits per heavy atom. The third kappa shape index (κ3) is 4.46. The number of anilines is 1. The summed E-state index contributed by atoms with van der Waals surface area (Å²) in [4.78, 5) is 0. The van der Waals surface area contributed by atoms with Gasteiger partial charge in [0.25, 0.3) is 0 Å². The molecule has 74 valence electrons. The zero-order valence-electron chi connectivity index (χ0n) is 7.96. The molecule has 1 aromatic rings. The van der Waals surface area contributed by atoms with Gasteiger partial charge in [0.15, 0.2) is 0 Å². The first-order valence-corrected chi connectivity index (χ1v) is 5.83. The van der Waals surface area contributed by atoms with Gasteiger partial charge in [-0.3, -0.25) is 4.72 Å². The van der Waals surface area contributed by atoms with E-state index in [1.165, 1.54) is 0 Å². The summed E-state index contributed by atoms with van der Waals surface area (Å²) >= 11 is 0. The van der Waals surface area contributed by atoms with Crippen LogP contribution in [-0.2, 0) is 10.0 Å². The molecule has 0 saturated carbocycles. The first-order chi connectivity index (χ1) is 5.88. The predicted molar refractivity (Wildman–Crippen MR) is 61.5 cm³/mol. The van der Waals surface area contributed by atoms with Crippen LogP contribution in [0, 0.1) is 13.8 Å². The minimum absolute atomic E-state index is 0. The van der Waals surface area contributed by atoms with Crippen molar-refractivity contribution < 1.29 is 8.42 Å². The number of rotatable bonds is 2. The minimum atomic E-state index is -3.16. The number of benzene rings is 1. The number of hydrogen-bond acceptors (Lipinski definition) is 2. The van der Waals surface area contributed by atoms with E-state index in [0.29, 0.717) is 5.69 Å². The van der Waals surface area contributed by atoms with E-state index in [4.69, 9.17) is 0 Å². The fourth-order valence-electron chi connectivity index (χ4n) is 1.13. The molecular formula is C9H14NNaO2S. The molecule has 0 spiro atoms. The molecule has 1 N–H and O–H groups in total. The van der Waals surface area contributed by atoms with Gasteiger partial charge in [0.1, 0.15) is 0 Å². The third-order valence-electron chi connectivity index (χ3n) is 1.68. The molecule has 14 heavy (non-hydrogen) atoms. The summed E-state index contributed by atoms with van der Waals surface area (Å²) in [6.45, 7) is 3.84. The summed E-state index contributed by atoms with van der Waals surface area (Å²) < 4.78 is 24.3. The summed E-state index contributed by atoms with van der Waals surface area (Å²) in [5.74, 6) is 0. The van der Waals surface area contributed by atoms with E-state index >= 15 is 0 Å². The zero-order chi connectivity index (χ0) is 10.1. The van der Waals surface area contributed by atoms with Gasteiger partial charge < -0.3 is 0 Å². The molecule has 0 radical (unpaired) electrons. The Morgan fingerprint density at radius 1 is 1.21 bits per heavy atom. The van der Waals surface area contributed by atoms with E-state index in [-0.39, 0.29) is 29.6 Å². The van der Waals surface area contributed by atoms with Crippen LogP contribution in [0.25, 0.3) is 0 Å². The Morgan fingerprint density at radius 3 is 2.21 bits per heavy atom. The first kappa shape index (κ1) is 14.0. The van der Waals surface area contributed by atoms with Gasteiger partial charge in [-0.1, -0.05) is 17.7 Å². The molecule has 0 aliphatic rings. The van der Waals surface area contributed by atoms with Gasteiger partial charge >= 0.3 is 29.6 Å². The van der Waals surface area contributed by atoms with E-state index in [9.17, 15) is 8.42 Å². The first-order valence-electron chi connectivity index (χ1n) is 3.93. The van der Waals surface area contributed by atoms with Crippen LogP contribution in [0.4, 0.5) is 5.69 Å². The molecule has 1 rings (SSSR count). The Hall–Kier alpha value is -0.0300. The molecule has 0 atom stereocenters. The molecular weight excluding hydrogens is 209 g/mol. The molecule has 0 aliphatic carbocycles. The predicted octanol–water partition coefficient (Wildman–Crippen LogP) is 1.03. The second-order valence-corrected chi connectivity index (χ2v) is 4.94. The number of sulfonamides is 1. The van der Waals surface area contributed by atoms with Gasteiger partial charge in [-0.05, 0) is 25.5 Å². The van der Waals surface area contributed by atoms with Gasteiger partial charge in [0, 0.05) is 0 Å². The van der Waals surface area contributed by atoms with E-state index in [1.54, 1.807) is 6.07 Å². The second-order valence-electron chi connectivity index (χ2n) is 3.19. The Bertz CT molecular complexity index is 415. The van der Waals surface area contributed by atoms with Crippen LogP contribution < -0.4 is 4.72 Å². The van der Waals surface area contributed by atoms with Crippen LogP contribution in [0.5, 0.6) is 0 Å². The quantitative estimate of drug-likeness (QED) is 0.761. The topological polar surface area (TPSA) is 46.2 Å². The van der Waals surface area contributed by atoms with Crippen LogP contribution in [0.15, 0.2) is 18.2 Å². The van der Waals surface area contributed by atoms with Gasteiger partial charge in [-0.25, -0.2) is 8.42 Å². The normalized spacial score (nSPS) is 10.5. The van der Waals surface area contributed by atoms with Crippen LogP contribution in [0.3, 0.4) is 0 Å². The van der Waals surface area contributed by atoms with Gasteiger partial charge in [-0.15, -0.1) is 0 Å². The second kappa shape index (κ2) is 5.16. The van der Waals surface area contributed by atoms with Crippen molar-refractivity contribution in [2.24, 2.45) is 0 Å². The summed E-state index contributed by atoms with van der Waals surface area (Å²) in [6.07, 6.45) is 1.15. The molecule has 0 bridgehead atoms. The van der Waals surface area contributed by atoms with E-state index in [0.717, 1.165) is 17.4 Å². The summed E-state index contributed by atoms with van der Waals surface area (Å²) in [5.41, 5.74) is 2.70. The average Bonchev–Trinajstić information content (AvgIpc) is 1.93. The fraction of sp³-hybridized carbons (Fsp3) is 0.333. The van der Waals surface area contributed by atoms with E-state index < -0.39 is 10.0 Å². The number of nitrogens with one attached hydrogen (secondary N) is 1. The van der Waals surface area contributed by atoms with E-state index in [1.807, 2.05) is 26.0 Å².